The van der Waals surface area contributed by atoms with Crippen LogP contribution >= 0.6 is 0 Å². The molecule has 7 nitrogen and oxygen atoms in total. The molecule has 2 aromatic carbocycles. The number of likely N-dealkylation sites (tertiary alicyclic amines) is 1. The Morgan fingerprint density at radius 2 is 1.64 bits per heavy atom. The van der Waals surface area contributed by atoms with E-state index < -0.39 is 0 Å². The molecule has 7 heteroatoms. The van der Waals surface area contributed by atoms with Gasteiger partial charge < -0.3 is 20.9 Å². The number of anilines is 2. The molecule has 1 unspecified atom stereocenters. The second kappa shape index (κ2) is 9.03. The number of carbonyl (C=O) groups excluding carboxylic acids is 3. The summed E-state index contributed by atoms with van der Waals surface area (Å²) >= 11 is 0. The fourth-order valence-electron chi connectivity index (χ4n) is 3.15. The summed E-state index contributed by atoms with van der Waals surface area (Å²) in [6.07, 6.45) is 1.01. The van der Waals surface area contributed by atoms with Crippen LogP contribution in [0.4, 0.5) is 16.2 Å². The zero-order valence-corrected chi connectivity index (χ0v) is 15.8. The van der Waals surface area contributed by atoms with Gasteiger partial charge in [-0.2, -0.15) is 0 Å². The quantitative estimate of drug-likeness (QED) is 0.719. The number of rotatable bonds is 6. The van der Waals surface area contributed by atoms with E-state index in [4.69, 9.17) is 0 Å². The minimum Gasteiger partial charge on any atom is -0.342 e. The van der Waals surface area contributed by atoms with Gasteiger partial charge in [-0.05, 0) is 36.2 Å². The van der Waals surface area contributed by atoms with Gasteiger partial charge in [0, 0.05) is 37.9 Å². The van der Waals surface area contributed by atoms with Crippen LogP contribution in [0.25, 0.3) is 0 Å². The van der Waals surface area contributed by atoms with Crippen LogP contribution in [-0.2, 0) is 16.0 Å². The van der Waals surface area contributed by atoms with Crippen LogP contribution in [0.1, 0.15) is 12.0 Å². The molecule has 1 aliphatic heterocycles. The predicted octanol–water partition coefficient (Wildman–Crippen LogP) is 2.47. The summed E-state index contributed by atoms with van der Waals surface area (Å²) in [5.74, 6) is -0.504. The number of hydrogen-bond donors (Lipinski definition) is 3. The molecule has 146 valence electrons. The van der Waals surface area contributed by atoms with E-state index in [0.717, 1.165) is 6.42 Å². The Kier molecular flexibility index (Phi) is 6.26. The van der Waals surface area contributed by atoms with Gasteiger partial charge in [0.2, 0.25) is 11.8 Å². The number of nitrogens with one attached hydrogen (secondary N) is 3. The first-order valence-corrected chi connectivity index (χ1v) is 9.26. The van der Waals surface area contributed by atoms with Crippen molar-refractivity contribution in [1.29, 1.82) is 0 Å². The van der Waals surface area contributed by atoms with Crippen LogP contribution in [0.5, 0.6) is 0 Å². The van der Waals surface area contributed by atoms with Gasteiger partial charge in [-0.1, -0.05) is 30.3 Å². The van der Waals surface area contributed by atoms with Gasteiger partial charge in [-0.25, -0.2) is 4.79 Å². The van der Waals surface area contributed by atoms with Crippen molar-refractivity contribution in [3.8, 4) is 0 Å². The molecule has 0 radical (unpaired) electrons. The van der Waals surface area contributed by atoms with Crippen LogP contribution in [0.2, 0.25) is 0 Å². The molecule has 2 aromatic rings. The van der Waals surface area contributed by atoms with Crippen LogP contribution in [0.3, 0.4) is 0 Å². The standard InChI is InChI=1S/C21H24N4O3/c1-22-21(28)24-18-9-7-17(8-10-18)23-20(27)16-13-19(26)25(14-16)12-11-15-5-3-2-4-6-15/h2-10,16H,11-14H2,1H3,(H,23,27)(H2,22,24,28). The monoisotopic (exact) mass is 380 g/mol. The molecular formula is C21H24N4O3. The van der Waals surface area contributed by atoms with Crippen molar-refractivity contribution in [2.24, 2.45) is 5.92 Å². The lowest BCUT2D eigenvalue weighted by Crippen LogP contribution is -2.30. The maximum absolute atomic E-state index is 12.5. The molecule has 0 spiro atoms. The molecular weight excluding hydrogens is 356 g/mol. The fourth-order valence-corrected chi connectivity index (χ4v) is 3.15. The largest absolute Gasteiger partial charge is 0.342 e. The van der Waals surface area contributed by atoms with Crippen molar-refractivity contribution in [2.45, 2.75) is 12.8 Å². The van der Waals surface area contributed by atoms with Gasteiger partial charge in [-0.15, -0.1) is 0 Å². The third-order valence-electron chi connectivity index (χ3n) is 4.74. The topological polar surface area (TPSA) is 90.5 Å². The highest BCUT2D eigenvalue weighted by atomic mass is 16.2. The third-order valence-corrected chi connectivity index (χ3v) is 4.74. The molecule has 0 saturated carbocycles. The number of hydrogen-bond acceptors (Lipinski definition) is 3. The van der Waals surface area contributed by atoms with E-state index in [1.165, 1.54) is 12.6 Å². The third kappa shape index (κ3) is 5.09. The first-order valence-electron chi connectivity index (χ1n) is 9.26. The molecule has 1 aliphatic rings. The fraction of sp³-hybridized carbons (Fsp3) is 0.286. The number of urea groups is 1. The highest BCUT2D eigenvalue weighted by Gasteiger charge is 2.33. The first-order chi connectivity index (χ1) is 13.5. The molecule has 1 atom stereocenters. The highest BCUT2D eigenvalue weighted by molar-refractivity contribution is 5.97. The first kappa shape index (κ1) is 19.4. The van der Waals surface area contributed by atoms with E-state index in [9.17, 15) is 14.4 Å². The number of amides is 4. The lowest BCUT2D eigenvalue weighted by molar-refractivity contribution is -0.128. The summed E-state index contributed by atoms with van der Waals surface area (Å²) in [5, 5.41) is 7.97. The lowest BCUT2D eigenvalue weighted by atomic mass is 10.1. The van der Waals surface area contributed by atoms with E-state index in [-0.39, 0.29) is 30.2 Å². The zero-order valence-electron chi connectivity index (χ0n) is 15.8. The minimum atomic E-state index is -0.355. The van der Waals surface area contributed by atoms with Crippen LogP contribution in [0.15, 0.2) is 54.6 Å². The van der Waals surface area contributed by atoms with E-state index in [0.29, 0.717) is 24.5 Å². The summed E-state index contributed by atoms with van der Waals surface area (Å²) in [5.41, 5.74) is 2.43. The Labute approximate surface area is 164 Å². The number of carbonyl (C=O) groups is 3. The minimum absolute atomic E-state index is 0.0150. The molecule has 3 N–H and O–H groups in total. The second-order valence-corrected chi connectivity index (χ2v) is 6.75. The average Bonchev–Trinajstić information content (AvgIpc) is 3.09. The zero-order chi connectivity index (χ0) is 19.9. The van der Waals surface area contributed by atoms with Crippen molar-refractivity contribution >= 4 is 29.2 Å². The Morgan fingerprint density at radius 3 is 2.29 bits per heavy atom. The van der Waals surface area contributed by atoms with Crippen molar-refractivity contribution in [3.05, 3.63) is 60.2 Å². The number of nitrogens with zero attached hydrogens (tertiary/aromatic N) is 1. The molecule has 0 aliphatic carbocycles. The normalized spacial score (nSPS) is 16.0. The van der Waals surface area contributed by atoms with Crippen molar-refractivity contribution in [2.75, 3.05) is 30.8 Å². The molecule has 3 rings (SSSR count). The molecule has 28 heavy (non-hydrogen) atoms. The SMILES string of the molecule is CNC(=O)Nc1ccc(NC(=O)C2CC(=O)N(CCc3ccccc3)C2)cc1. The van der Waals surface area contributed by atoms with Gasteiger partial charge in [-0.3, -0.25) is 9.59 Å². The smallest absolute Gasteiger partial charge is 0.318 e. The molecule has 1 fully saturated rings. The van der Waals surface area contributed by atoms with Crippen LogP contribution < -0.4 is 16.0 Å². The van der Waals surface area contributed by atoms with Gasteiger partial charge in [0.1, 0.15) is 0 Å². The molecule has 4 amide bonds. The van der Waals surface area contributed by atoms with E-state index in [1.807, 2.05) is 30.3 Å². The number of benzene rings is 2. The molecule has 1 heterocycles. The van der Waals surface area contributed by atoms with Gasteiger partial charge in [0.15, 0.2) is 0 Å². The Morgan fingerprint density at radius 1 is 1.00 bits per heavy atom. The Bertz CT molecular complexity index is 836. The summed E-state index contributed by atoms with van der Waals surface area (Å²) in [4.78, 5) is 37.8. The van der Waals surface area contributed by atoms with Gasteiger partial charge in [0.05, 0.1) is 5.92 Å². The van der Waals surface area contributed by atoms with Crippen LogP contribution in [-0.4, -0.2) is 42.9 Å². The van der Waals surface area contributed by atoms with Gasteiger partial charge >= 0.3 is 6.03 Å². The molecule has 0 bridgehead atoms. The van der Waals surface area contributed by atoms with E-state index in [1.54, 1.807) is 29.2 Å². The van der Waals surface area contributed by atoms with E-state index >= 15 is 0 Å². The molecule has 1 saturated heterocycles. The predicted molar refractivity (Wildman–Crippen MR) is 108 cm³/mol. The summed E-state index contributed by atoms with van der Waals surface area (Å²) in [6, 6.07) is 16.5. The maximum atomic E-state index is 12.5. The lowest BCUT2D eigenvalue weighted by Gasteiger charge is -2.16. The van der Waals surface area contributed by atoms with Crippen molar-refractivity contribution in [1.82, 2.24) is 10.2 Å². The molecule has 0 aromatic heterocycles. The van der Waals surface area contributed by atoms with Crippen molar-refractivity contribution < 1.29 is 14.4 Å². The van der Waals surface area contributed by atoms with E-state index in [2.05, 4.69) is 16.0 Å². The summed E-state index contributed by atoms with van der Waals surface area (Å²) in [6.45, 7) is 1.06. The van der Waals surface area contributed by atoms with Crippen LogP contribution in [0, 0.1) is 5.92 Å². The summed E-state index contributed by atoms with van der Waals surface area (Å²) < 4.78 is 0. The van der Waals surface area contributed by atoms with Gasteiger partial charge in [0.25, 0.3) is 0 Å². The Hall–Kier alpha value is -3.35. The Balaban J connectivity index is 1.50. The second-order valence-electron chi connectivity index (χ2n) is 6.75. The summed E-state index contributed by atoms with van der Waals surface area (Å²) in [7, 11) is 1.54. The van der Waals surface area contributed by atoms with Crippen molar-refractivity contribution in [3.63, 3.8) is 0 Å². The highest BCUT2D eigenvalue weighted by Crippen LogP contribution is 2.21. The average molecular weight is 380 g/mol. The maximum Gasteiger partial charge on any atom is 0.318 e.